The van der Waals surface area contributed by atoms with Crippen molar-refractivity contribution in [2.45, 2.75) is 73.3 Å². The van der Waals surface area contributed by atoms with Crippen LogP contribution in [0.2, 0.25) is 0 Å². The van der Waals surface area contributed by atoms with Crippen molar-refractivity contribution < 1.29 is 38.1 Å². The Bertz CT molecular complexity index is 926. The van der Waals surface area contributed by atoms with Gasteiger partial charge in [-0.1, -0.05) is 54.5 Å². The zero-order chi connectivity index (χ0) is 27.6. The monoisotopic (exact) mass is 507 g/mol. The number of ether oxygens (including phenoxy) is 4. The van der Waals surface area contributed by atoms with E-state index >= 15 is 0 Å². The molecule has 2 N–H and O–H groups in total. The third kappa shape index (κ3) is 8.93. The SMILES string of the molecule is CCC(=O)OCC[C@@](N)(Cc1ccc(OC(=O)C(C)C(C)C)c(OC(=O)C(C)C(C)C)c1)C(=O)OC. The molecule has 0 aliphatic carbocycles. The van der Waals surface area contributed by atoms with Gasteiger partial charge in [0.15, 0.2) is 11.5 Å². The molecule has 0 aliphatic heterocycles. The molecule has 0 fully saturated rings. The van der Waals surface area contributed by atoms with Crippen LogP contribution in [0.5, 0.6) is 11.5 Å². The predicted molar refractivity (Wildman–Crippen MR) is 134 cm³/mol. The molecular weight excluding hydrogens is 466 g/mol. The molecule has 1 rings (SSSR count). The molecule has 9 heteroatoms. The second-order valence-electron chi connectivity index (χ2n) is 9.84. The highest BCUT2D eigenvalue weighted by atomic mass is 16.6. The van der Waals surface area contributed by atoms with E-state index in [9.17, 15) is 19.2 Å². The fourth-order valence-corrected chi connectivity index (χ4v) is 3.05. The Hall–Kier alpha value is -2.94. The summed E-state index contributed by atoms with van der Waals surface area (Å²) >= 11 is 0. The summed E-state index contributed by atoms with van der Waals surface area (Å²) in [5.41, 5.74) is 5.43. The first-order valence-corrected chi connectivity index (χ1v) is 12.3. The van der Waals surface area contributed by atoms with Crippen LogP contribution in [0.25, 0.3) is 0 Å². The molecule has 3 atom stereocenters. The van der Waals surface area contributed by atoms with Crippen LogP contribution in [0.15, 0.2) is 18.2 Å². The topological polar surface area (TPSA) is 131 Å². The van der Waals surface area contributed by atoms with Gasteiger partial charge in [0.25, 0.3) is 0 Å². The van der Waals surface area contributed by atoms with Gasteiger partial charge in [-0.05, 0) is 29.5 Å². The molecule has 1 aromatic carbocycles. The number of rotatable bonds is 13. The zero-order valence-corrected chi connectivity index (χ0v) is 22.7. The molecule has 0 aliphatic rings. The van der Waals surface area contributed by atoms with Crippen molar-refractivity contribution in [1.29, 1.82) is 0 Å². The summed E-state index contributed by atoms with van der Waals surface area (Å²) < 4.78 is 21.2. The largest absolute Gasteiger partial charge is 0.468 e. The lowest BCUT2D eigenvalue weighted by atomic mass is 9.88. The van der Waals surface area contributed by atoms with Gasteiger partial charge in [-0.2, -0.15) is 0 Å². The molecule has 0 saturated heterocycles. The molecule has 0 aromatic heterocycles. The van der Waals surface area contributed by atoms with Crippen LogP contribution in [0.4, 0.5) is 0 Å². The maximum absolute atomic E-state index is 12.7. The average Bonchev–Trinajstić information content (AvgIpc) is 2.83. The van der Waals surface area contributed by atoms with Crippen LogP contribution in [0.1, 0.15) is 66.9 Å². The van der Waals surface area contributed by atoms with E-state index in [0.29, 0.717) is 5.56 Å². The average molecular weight is 508 g/mol. The van der Waals surface area contributed by atoms with E-state index in [1.54, 1.807) is 26.8 Å². The van der Waals surface area contributed by atoms with Crippen LogP contribution in [-0.2, 0) is 35.1 Å². The molecule has 202 valence electrons. The summed E-state index contributed by atoms with van der Waals surface area (Å²) in [6.07, 6.45) is 0.229. The van der Waals surface area contributed by atoms with Crippen LogP contribution in [0, 0.1) is 23.7 Å². The Kier molecular flexibility index (Phi) is 12.1. The Morgan fingerprint density at radius 1 is 0.889 bits per heavy atom. The number of esters is 4. The lowest BCUT2D eigenvalue weighted by Gasteiger charge is -2.27. The number of carbonyl (C=O) groups excluding carboxylic acids is 4. The van der Waals surface area contributed by atoms with Gasteiger partial charge in [0, 0.05) is 19.3 Å². The summed E-state index contributed by atoms with van der Waals surface area (Å²) in [5, 5.41) is 0. The van der Waals surface area contributed by atoms with E-state index in [1.165, 1.54) is 19.2 Å². The van der Waals surface area contributed by atoms with E-state index < -0.39 is 35.3 Å². The van der Waals surface area contributed by atoms with E-state index in [0.717, 1.165) is 0 Å². The van der Waals surface area contributed by atoms with Gasteiger partial charge >= 0.3 is 23.9 Å². The quantitative estimate of drug-likeness (QED) is 0.312. The van der Waals surface area contributed by atoms with Crippen LogP contribution >= 0.6 is 0 Å². The van der Waals surface area contributed by atoms with Gasteiger partial charge in [0.2, 0.25) is 0 Å². The number of carbonyl (C=O) groups is 4. The van der Waals surface area contributed by atoms with Crippen molar-refractivity contribution in [3.63, 3.8) is 0 Å². The first-order valence-electron chi connectivity index (χ1n) is 12.3. The minimum atomic E-state index is -1.50. The second kappa shape index (κ2) is 14.0. The molecular formula is C27H41NO8. The lowest BCUT2D eigenvalue weighted by molar-refractivity contribution is -0.151. The van der Waals surface area contributed by atoms with Crippen molar-refractivity contribution in [3.05, 3.63) is 23.8 Å². The third-order valence-corrected chi connectivity index (χ3v) is 6.38. The summed E-state index contributed by atoms with van der Waals surface area (Å²) in [5.74, 6) is -2.54. The maximum atomic E-state index is 12.7. The van der Waals surface area contributed by atoms with Gasteiger partial charge in [0.05, 0.1) is 25.6 Å². The number of hydrogen-bond donors (Lipinski definition) is 1. The molecule has 0 bridgehead atoms. The number of hydrogen-bond acceptors (Lipinski definition) is 9. The second-order valence-corrected chi connectivity index (χ2v) is 9.84. The maximum Gasteiger partial charge on any atom is 0.326 e. The zero-order valence-electron chi connectivity index (χ0n) is 22.7. The van der Waals surface area contributed by atoms with Crippen LogP contribution < -0.4 is 15.2 Å². The fourth-order valence-electron chi connectivity index (χ4n) is 3.05. The molecule has 0 spiro atoms. The lowest BCUT2D eigenvalue weighted by Crippen LogP contribution is -2.51. The summed E-state index contributed by atoms with van der Waals surface area (Å²) in [6.45, 7) is 12.7. The fraction of sp³-hybridized carbons (Fsp3) is 0.630. The molecule has 1 aromatic rings. The van der Waals surface area contributed by atoms with Crippen LogP contribution in [-0.4, -0.2) is 43.1 Å². The van der Waals surface area contributed by atoms with E-state index in [1.807, 2.05) is 27.7 Å². The summed E-state index contributed by atoms with van der Waals surface area (Å²) in [6, 6.07) is 4.67. The van der Waals surface area contributed by atoms with Gasteiger partial charge in [-0.3, -0.25) is 19.2 Å². The van der Waals surface area contributed by atoms with Crippen molar-refractivity contribution >= 4 is 23.9 Å². The molecule has 2 unspecified atom stereocenters. The normalized spacial score (nSPS) is 14.5. The highest BCUT2D eigenvalue weighted by Crippen LogP contribution is 2.32. The summed E-state index contributed by atoms with van der Waals surface area (Å²) in [7, 11) is 1.22. The Labute approximate surface area is 214 Å². The molecule has 9 nitrogen and oxygen atoms in total. The smallest absolute Gasteiger partial charge is 0.326 e. The Morgan fingerprint density at radius 2 is 1.42 bits per heavy atom. The highest BCUT2D eigenvalue weighted by Gasteiger charge is 2.36. The van der Waals surface area contributed by atoms with Crippen LogP contribution in [0.3, 0.4) is 0 Å². The highest BCUT2D eigenvalue weighted by molar-refractivity contribution is 5.81. The first-order chi connectivity index (χ1) is 16.7. The van der Waals surface area contributed by atoms with Gasteiger partial charge in [0.1, 0.15) is 5.54 Å². The van der Waals surface area contributed by atoms with Crippen molar-refractivity contribution in [1.82, 2.24) is 0 Å². The van der Waals surface area contributed by atoms with E-state index in [-0.39, 0.29) is 55.1 Å². The standard InChI is InChI=1S/C27H41NO8/c1-9-23(29)34-13-12-27(28,26(32)33-8)15-20-10-11-21(35-24(30)18(6)16(2)3)22(14-20)36-25(31)19(7)17(4)5/h10-11,14,16-19H,9,12-13,15,28H2,1-8H3/t18?,19?,27-/m1/s1. The summed E-state index contributed by atoms with van der Waals surface area (Å²) in [4.78, 5) is 49.3. The van der Waals surface area contributed by atoms with Crippen molar-refractivity contribution in [2.75, 3.05) is 13.7 Å². The minimum absolute atomic E-state index is 0.00422. The molecule has 36 heavy (non-hydrogen) atoms. The number of methoxy groups -OCH3 is 1. The predicted octanol–water partition coefficient (Wildman–Crippen LogP) is 3.84. The molecule has 0 amide bonds. The number of nitrogens with two attached hydrogens (primary N) is 1. The minimum Gasteiger partial charge on any atom is -0.468 e. The molecule has 0 saturated carbocycles. The van der Waals surface area contributed by atoms with Gasteiger partial charge in [-0.15, -0.1) is 0 Å². The first kappa shape index (κ1) is 31.1. The Morgan fingerprint density at radius 3 is 1.89 bits per heavy atom. The van der Waals surface area contributed by atoms with Gasteiger partial charge < -0.3 is 24.7 Å². The van der Waals surface area contributed by atoms with Gasteiger partial charge in [-0.25, -0.2) is 0 Å². The molecule has 0 radical (unpaired) electrons. The van der Waals surface area contributed by atoms with Crippen molar-refractivity contribution in [2.24, 2.45) is 29.4 Å². The molecule has 0 heterocycles. The number of benzene rings is 1. The Balaban J connectivity index is 3.31. The van der Waals surface area contributed by atoms with E-state index in [2.05, 4.69) is 0 Å². The third-order valence-electron chi connectivity index (χ3n) is 6.38. The van der Waals surface area contributed by atoms with E-state index in [4.69, 9.17) is 24.7 Å². The van der Waals surface area contributed by atoms with Crippen molar-refractivity contribution in [3.8, 4) is 11.5 Å².